The summed E-state index contributed by atoms with van der Waals surface area (Å²) in [4.78, 5) is 51.5. The molecule has 3 N–H and O–H groups in total. The molecule has 0 aromatic heterocycles. The number of carbonyl (C=O) groups excluding carboxylic acids is 4. The molecule has 0 unspecified atom stereocenters. The second kappa shape index (κ2) is 9.59. The molecule has 2 aromatic carbocycles. The monoisotopic (exact) mass is 554 g/mol. The van der Waals surface area contributed by atoms with Gasteiger partial charge in [0.2, 0.25) is 11.5 Å². The Balaban J connectivity index is 1.54. The van der Waals surface area contributed by atoms with E-state index in [4.69, 9.17) is 0 Å². The Morgan fingerprint density at radius 1 is 1.08 bits per heavy atom. The van der Waals surface area contributed by atoms with Crippen LogP contribution in [0.5, 0.6) is 0 Å². The van der Waals surface area contributed by atoms with Gasteiger partial charge in [-0.1, -0.05) is 6.07 Å². The zero-order valence-electron chi connectivity index (χ0n) is 20.7. The number of amides is 5. The van der Waals surface area contributed by atoms with E-state index in [2.05, 4.69) is 10.6 Å². The van der Waals surface area contributed by atoms with Gasteiger partial charge in [-0.2, -0.15) is 13.2 Å². The van der Waals surface area contributed by atoms with Crippen molar-refractivity contribution in [1.82, 2.24) is 15.1 Å². The number of alkyl halides is 3. The number of rotatable bonds is 6. The van der Waals surface area contributed by atoms with Crippen molar-refractivity contribution in [1.29, 1.82) is 0 Å². The predicted octanol–water partition coefficient (Wildman–Crippen LogP) is 2.26. The minimum Gasteiger partial charge on any atom is -0.373 e. The van der Waals surface area contributed by atoms with Crippen LogP contribution in [0.1, 0.15) is 23.6 Å². The fourth-order valence-electron chi connectivity index (χ4n) is 4.70. The van der Waals surface area contributed by atoms with E-state index in [1.807, 2.05) is 0 Å². The molecule has 0 radical (unpaired) electrons. The van der Waals surface area contributed by atoms with Crippen LogP contribution in [0.2, 0.25) is 0 Å². The summed E-state index contributed by atoms with van der Waals surface area (Å²) in [6.07, 6.45) is -5.00. The lowest BCUT2D eigenvalue weighted by molar-refractivity contribution is -0.250. The molecule has 5 amide bonds. The number of halogens is 5. The summed E-state index contributed by atoms with van der Waals surface area (Å²) in [6, 6.07) is 6.17. The van der Waals surface area contributed by atoms with Gasteiger partial charge in [0, 0.05) is 38.2 Å². The Kier molecular flexibility index (Phi) is 6.88. The Morgan fingerprint density at radius 3 is 2.26 bits per heavy atom. The number of aliphatic hydroxyl groups is 1. The van der Waals surface area contributed by atoms with Gasteiger partial charge in [-0.3, -0.25) is 19.7 Å². The average molecular weight is 554 g/mol. The summed E-state index contributed by atoms with van der Waals surface area (Å²) in [5, 5.41) is 14.6. The quantitative estimate of drug-likeness (QED) is 0.374. The molecule has 2 atom stereocenters. The molecule has 1 spiro atoms. The fraction of sp³-hybridized carbons (Fsp3) is 0.360. The maximum Gasteiger partial charge on any atom is 0.426 e. The Bertz CT molecular complexity index is 1360. The molecule has 1 aliphatic carbocycles. The number of urea groups is 1. The maximum absolute atomic E-state index is 13.6. The number of nitrogens with zero attached hydrogens (tertiary/aromatic N) is 2. The largest absolute Gasteiger partial charge is 0.426 e. The van der Waals surface area contributed by atoms with Gasteiger partial charge in [0.25, 0.3) is 11.8 Å². The first-order chi connectivity index (χ1) is 18.0. The Hall–Kier alpha value is -4.07. The van der Waals surface area contributed by atoms with Gasteiger partial charge in [0.1, 0.15) is 23.7 Å². The van der Waals surface area contributed by atoms with Crippen molar-refractivity contribution >= 4 is 29.4 Å². The fourth-order valence-corrected chi connectivity index (χ4v) is 4.70. The van der Waals surface area contributed by atoms with E-state index >= 15 is 0 Å². The standard InChI is InChI=1S/C25H23F5N4O5/c1-23(39,25(28,29)30)21(37)34(11-13-5-16(26)8-17(27)6-13)12-19(35)31-18-4-3-14-9-24(10-15(14)7-18)20(36)32-22(38)33(24)2/h3-8,39H,9-12H2,1-2H3,(H,31,35)(H,32,36,38)/t23-,24+/m1/s1. The van der Waals surface area contributed by atoms with Crippen molar-refractivity contribution in [2.24, 2.45) is 0 Å². The van der Waals surface area contributed by atoms with Gasteiger partial charge < -0.3 is 20.2 Å². The number of carbonyl (C=O) groups is 4. The minimum absolute atomic E-state index is 0.157. The summed E-state index contributed by atoms with van der Waals surface area (Å²) in [6.45, 7) is -1.59. The van der Waals surface area contributed by atoms with Crippen LogP contribution in [0.4, 0.5) is 32.4 Å². The molecule has 2 aromatic rings. The molecule has 2 aliphatic rings. The molecular formula is C25H23F5N4O5. The number of imide groups is 1. The lowest BCUT2D eigenvalue weighted by Gasteiger charge is -2.32. The number of hydrogen-bond acceptors (Lipinski definition) is 5. The van der Waals surface area contributed by atoms with E-state index in [1.54, 1.807) is 6.07 Å². The number of anilines is 1. The van der Waals surface area contributed by atoms with Crippen molar-refractivity contribution < 1.29 is 46.2 Å². The van der Waals surface area contributed by atoms with Crippen LogP contribution < -0.4 is 10.6 Å². The third kappa shape index (κ3) is 5.15. The van der Waals surface area contributed by atoms with Crippen LogP contribution in [-0.2, 0) is 33.8 Å². The van der Waals surface area contributed by atoms with Crippen molar-refractivity contribution in [3.63, 3.8) is 0 Å². The van der Waals surface area contributed by atoms with Crippen molar-refractivity contribution in [2.45, 2.75) is 43.6 Å². The zero-order valence-corrected chi connectivity index (χ0v) is 20.7. The molecule has 0 saturated carbocycles. The van der Waals surface area contributed by atoms with Crippen LogP contribution in [0.15, 0.2) is 36.4 Å². The molecule has 208 valence electrons. The van der Waals surface area contributed by atoms with Crippen LogP contribution in [-0.4, -0.2) is 69.6 Å². The minimum atomic E-state index is -5.40. The van der Waals surface area contributed by atoms with E-state index in [0.29, 0.717) is 16.5 Å². The number of fused-ring (bicyclic) bond motifs is 1. The lowest BCUT2D eigenvalue weighted by atomic mass is 9.95. The number of likely N-dealkylation sites (N-methyl/N-ethyl adjacent to an activating group) is 1. The van der Waals surface area contributed by atoms with Crippen LogP contribution in [0, 0.1) is 11.6 Å². The molecule has 1 aliphatic heterocycles. The number of benzene rings is 2. The van der Waals surface area contributed by atoms with E-state index in [-0.39, 0.29) is 31.0 Å². The Morgan fingerprint density at radius 2 is 1.69 bits per heavy atom. The van der Waals surface area contributed by atoms with Crippen LogP contribution in [0.3, 0.4) is 0 Å². The molecule has 1 saturated heterocycles. The molecule has 39 heavy (non-hydrogen) atoms. The molecule has 1 heterocycles. The van der Waals surface area contributed by atoms with Crippen LogP contribution >= 0.6 is 0 Å². The first-order valence-electron chi connectivity index (χ1n) is 11.6. The highest BCUT2D eigenvalue weighted by atomic mass is 19.4. The van der Waals surface area contributed by atoms with E-state index in [9.17, 15) is 46.2 Å². The van der Waals surface area contributed by atoms with E-state index in [1.165, 1.54) is 24.1 Å². The summed E-state index contributed by atoms with van der Waals surface area (Å²) in [5.41, 5.74) is -3.66. The number of nitrogens with one attached hydrogen (secondary N) is 2. The third-order valence-corrected chi connectivity index (χ3v) is 6.93. The first kappa shape index (κ1) is 28.0. The lowest BCUT2D eigenvalue weighted by Crippen LogP contribution is -2.57. The van der Waals surface area contributed by atoms with Gasteiger partial charge in [-0.25, -0.2) is 13.6 Å². The Labute approximate surface area is 218 Å². The van der Waals surface area contributed by atoms with Crippen molar-refractivity contribution in [3.05, 3.63) is 64.7 Å². The summed E-state index contributed by atoms with van der Waals surface area (Å²) in [5.74, 6) is -5.42. The first-order valence-corrected chi connectivity index (χ1v) is 11.6. The second-order valence-corrected chi connectivity index (χ2v) is 9.74. The molecule has 0 bridgehead atoms. The molecule has 14 heteroatoms. The number of hydrogen-bond donors (Lipinski definition) is 3. The third-order valence-electron chi connectivity index (χ3n) is 6.93. The van der Waals surface area contributed by atoms with Crippen molar-refractivity contribution in [3.8, 4) is 0 Å². The van der Waals surface area contributed by atoms with E-state index < -0.39 is 65.8 Å². The maximum atomic E-state index is 13.6. The molecule has 1 fully saturated rings. The van der Waals surface area contributed by atoms with Gasteiger partial charge in [0.15, 0.2) is 0 Å². The summed E-state index contributed by atoms with van der Waals surface area (Å²) < 4.78 is 67.4. The van der Waals surface area contributed by atoms with Gasteiger partial charge >= 0.3 is 12.2 Å². The molecule has 9 nitrogen and oxygen atoms in total. The van der Waals surface area contributed by atoms with E-state index in [0.717, 1.165) is 17.7 Å². The smallest absolute Gasteiger partial charge is 0.373 e. The zero-order chi connectivity index (χ0) is 28.9. The molecule has 4 rings (SSSR count). The van der Waals surface area contributed by atoms with Gasteiger partial charge in [-0.05, 0) is 47.9 Å². The van der Waals surface area contributed by atoms with Crippen molar-refractivity contribution in [2.75, 3.05) is 18.9 Å². The highest BCUT2D eigenvalue weighted by molar-refractivity contribution is 6.07. The highest BCUT2D eigenvalue weighted by Gasteiger charge is 2.57. The topological polar surface area (TPSA) is 119 Å². The summed E-state index contributed by atoms with van der Waals surface area (Å²) in [7, 11) is 1.49. The predicted molar refractivity (Wildman–Crippen MR) is 125 cm³/mol. The molecular weight excluding hydrogens is 531 g/mol. The summed E-state index contributed by atoms with van der Waals surface area (Å²) >= 11 is 0. The SMILES string of the molecule is CN1C(=O)NC(=O)[C@@]12Cc1ccc(NC(=O)CN(Cc3cc(F)cc(F)c3)C(=O)[C@@](C)(O)C(F)(F)F)cc1C2. The average Bonchev–Trinajstić information content (AvgIpc) is 3.29. The van der Waals surface area contributed by atoms with Crippen LogP contribution in [0.25, 0.3) is 0 Å². The normalized spacial score (nSPS) is 20.1. The second-order valence-electron chi connectivity index (χ2n) is 9.74. The van der Waals surface area contributed by atoms with Gasteiger partial charge in [-0.15, -0.1) is 0 Å². The van der Waals surface area contributed by atoms with Gasteiger partial charge in [0.05, 0.1) is 0 Å². The highest BCUT2D eigenvalue weighted by Crippen LogP contribution is 2.38.